The van der Waals surface area contributed by atoms with Crippen LogP contribution in [0.3, 0.4) is 0 Å². The van der Waals surface area contributed by atoms with Crippen LogP contribution in [-0.4, -0.2) is 41.2 Å². The number of nitriles is 1. The molecule has 2 unspecified atom stereocenters. The number of amides is 3. The third-order valence-electron chi connectivity index (χ3n) is 8.14. The van der Waals surface area contributed by atoms with Crippen molar-refractivity contribution in [3.05, 3.63) is 70.3 Å². The number of likely N-dealkylation sites (tertiary alicyclic amines) is 1. The quantitative estimate of drug-likeness (QED) is 0.504. The van der Waals surface area contributed by atoms with Gasteiger partial charge >= 0.3 is 0 Å². The molecule has 2 fully saturated rings. The van der Waals surface area contributed by atoms with Gasteiger partial charge in [0.15, 0.2) is 0 Å². The second kappa shape index (κ2) is 11.6. The lowest BCUT2D eigenvalue weighted by Gasteiger charge is -2.36. The van der Waals surface area contributed by atoms with Gasteiger partial charge < -0.3 is 10.2 Å². The third kappa shape index (κ3) is 6.31. The number of aryl methyl sites for hydroxylation is 2. The summed E-state index contributed by atoms with van der Waals surface area (Å²) in [5.74, 6) is -0.657. The molecule has 8 nitrogen and oxygen atoms in total. The molecule has 0 bridgehead atoms. The zero-order valence-electron chi connectivity index (χ0n) is 23.5. The fourth-order valence-corrected chi connectivity index (χ4v) is 5.89. The first kappa shape index (κ1) is 28.3. The summed E-state index contributed by atoms with van der Waals surface area (Å²) in [6.45, 7) is 9.58. The molecule has 2 aliphatic heterocycles. The van der Waals surface area contributed by atoms with Crippen LogP contribution >= 0.6 is 0 Å². The van der Waals surface area contributed by atoms with Crippen LogP contribution in [0.25, 0.3) is 0 Å². The van der Waals surface area contributed by atoms with Gasteiger partial charge in [0.05, 0.1) is 30.1 Å². The maximum atomic E-state index is 13.6. The standard InChI is InChI=1S/C31H39N5O3/c1-19-7-6-8-23(13-19)26-11-12-27(31(4,5)18-32)36(26)28(37)17-33-29(38)24-10-9-22(20(2)14-24)16-25-15-21(3)34-35-30(25)39/h6-10,13-14,21,25-27,34H,11-12,15-17H2,1-5H3,(H,33,38)(H,35,39)/t21?,25?,26-,27+/m0/s1. The second-order valence-electron chi connectivity index (χ2n) is 11.7. The summed E-state index contributed by atoms with van der Waals surface area (Å²) in [6.07, 6.45) is 2.86. The van der Waals surface area contributed by atoms with Gasteiger partial charge in [-0.1, -0.05) is 35.9 Å². The summed E-state index contributed by atoms with van der Waals surface area (Å²) in [5, 5.41) is 12.6. The minimum Gasteiger partial charge on any atom is -0.343 e. The number of nitrogens with one attached hydrogen (secondary N) is 3. The zero-order chi connectivity index (χ0) is 28.3. The Bertz CT molecular complexity index is 1300. The summed E-state index contributed by atoms with van der Waals surface area (Å²) in [5.41, 5.74) is 9.57. The first-order valence-electron chi connectivity index (χ1n) is 13.7. The Morgan fingerprint density at radius 2 is 1.92 bits per heavy atom. The van der Waals surface area contributed by atoms with Crippen molar-refractivity contribution in [2.45, 2.75) is 78.4 Å². The van der Waals surface area contributed by atoms with Crippen molar-refractivity contribution < 1.29 is 14.4 Å². The summed E-state index contributed by atoms with van der Waals surface area (Å²) in [6, 6.07) is 15.8. The average Bonchev–Trinajstić information content (AvgIpc) is 3.37. The van der Waals surface area contributed by atoms with Crippen LogP contribution in [0.4, 0.5) is 0 Å². The number of carbonyl (C=O) groups excluding carboxylic acids is 3. The summed E-state index contributed by atoms with van der Waals surface area (Å²) in [4.78, 5) is 40.7. The molecule has 39 heavy (non-hydrogen) atoms. The van der Waals surface area contributed by atoms with Gasteiger partial charge in [0, 0.05) is 17.5 Å². The van der Waals surface area contributed by atoms with Crippen molar-refractivity contribution >= 4 is 17.7 Å². The molecule has 2 aromatic carbocycles. The van der Waals surface area contributed by atoms with Gasteiger partial charge in [0.2, 0.25) is 11.8 Å². The van der Waals surface area contributed by atoms with E-state index in [9.17, 15) is 19.6 Å². The van der Waals surface area contributed by atoms with Crippen molar-refractivity contribution in [2.24, 2.45) is 11.3 Å². The molecule has 0 radical (unpaired) electrons. The van der Waals surface area contributed by atoms with Crippen molar-refractivity contribution in [2.75, 3.05) is 6.54 Å². The van der Waals surface area contributed by atoms with Gasteiger partial charge in [-0.3, -0.25) is 19.8 Å². The second-order valence-corrected chi connectivity index (χ2v) is 11.7. The van der Waals surface area contributed by atoms with Gasteiger partial charge in [-0.05, 0) is 89.1 Å². The number of hydrogen-bond donors (Lipinski definition) is 3. The van der Waals surface area contributed by atoms with Crippen LogP contribution in [0.5, 0.6) is 0 Å². The Balaban J connectivity index is 1.45. The first-order valence-corrected chi connectivity index (χ1v) is 13.7. The van der Waals surface area contributed by atoms with Crippen LogP contribution in [-0.2, 0) is 16.0 Å². The highest BCUT2D eigenvalue weighted by Gasteiger charge is 2.45. The van der Waals surface area contributed by atoms with Crippen molar-refractivity contribution in [3.8, 4) is 6.07 Å². The van der Waals surface area contributed by atoms with Crippen LogP contribution in [0.2, 0.25) is 0 Å². The molecule has 0 aromatic heterocycles. The Morgan fingerprint density at radius 3 is 2.62 bits per heavy atom. The highest BCUT2D eigenvalue weighted by Crippen LogP contribution is 2.43. The van der Waals surface area contributed by atoms with Crippen LogP contribution < -0.4 is 16.2 Å². The van der Waals surface area contributed by atoms with Crippen LogP contribution in [0.1, 0.15) is 78.7 Å². The Labute approximate surface area is 231 Å². The number of benzene rings is 2. The molecule has 4 atom stereocenters. The summed E-state index contributed by atoms with van der Waals surface area (Å²) >= 11 is 0. The van der Waals surface area contributed by atoms with Crippen molar-refractivity contribution in [1.82, 2.24) is 21.1 Å². The fraction of sp³-hybridized carbons (Fsp3) is 0.484. The predicted molar refractivity (Wildman–Crippen MR) is 149 cm³/mol. The number of carbonyl (C=O) groups is 3. The molecule has 2 saturated heterocycles. The number of nitrogens with zero attached hydrogens (tertiary/aromatic N) is 2. The molecule has 2 aromatic rings. The molecule has 206 valence electrons. The van der Waals surface area contributed by atoms with E-state index in [1.54, 1.807) is 6.07 Å². The maximum absolute atomic E-state index is 13.6. The van der Waals surface area contributed by atoms with Gasteiger partial charge in [-0.15, -0.1) is 0 Å². The molecule has 0 saturated carbocycles. The minimum absolute atomic E-state index is 0.0170. The van der Waals surface area contributed by atoms with E-state index in [2.05, 4.69) is 28.3 Å². The average molecular weight is 530 g/mol. The SMILES string of the molecule is Cc1cccc([C@@H]2CC[C@H](C(C)(C)C#N)N2C(=O)CNC(=O)c2ccc(CC3CC(C)NNC3=O)c(C)c2)c1. The van der Waals surface area contributed by atoms with E-state index < -0.39 is 5.41 Å². The topological polar surface area (TPSA) is 114 Å². The van der Waals surface area contributed by atoms with E-state index in [-0.39, 0.29) is 48.3 Å². The first-order chi connectivity index (χ1) is 18.5. The minimum atomic E-state index is -0.714. The molecule has 2 heterocycles. The van der Waals surface area contributed by atoms with Gasteiger partial charge in [0.1, 0.15) is 0 Å². The normalized spacial score (nSPS) is 23.2. The molecular weight excluding hydrogens is 490 g/mol. The monoisotopic (exact) mass is 529 g/mol. The lowest BCUT2D eigenvalue weighted by molar-refractivity contribution is -0.134. The molecule has 8 heteroatoms. The number of hydrazine groups is 1. The summed E-state index contributed by atoms with van der Waals surface area (Å²) < 4.78 is 0. The van der Waals surface area contributed by atoms with E-state index in [4.69, 9.17) is 0 Å². The Hall–Kier alpha value is -3.70. The van der Waals surface area contributed by atoms with Crippen LogP contribution in [0.15, 0.2) is 42.5 Å². The van der Waals surface area contributed by atoms with Gasteiger partial charge in [-0.2, -0.15) is 5.26 Å². The predicted octanol–water partition coefficient (Wildman–Crippen LogP) is 3.89. The largest absolute Gasteiger partial charge is 0.343 e. The van der Waals surface area contributed by atoms with E-state index in [0.29, 0.717) is 12.0 Å². The van der Waals surface area contributed by atoms with Crippen LogP contribution in [0, 0.1) is 36.5 Å². The van der Waals surface area contributed by atoms with E-state index in [1.807, 2.05) is 69.9 Å². The highest BCUT2D eigenvalue weighted by molar-refractivity contribution is 5.96. The molecule has 2 aliphatic rings. The van der Waals surface area contributed by atoms with Crippen molar-refractivity contribution in [3.63, 3.8) is 0 Å². The number of hydrogen-bond acceptors (Lipinski definition) is 5. The Kier molecular flexibility index (Phi) is 8.41. The van der Waals surface area contributed by atoms with Crippen molar-refractivity contribution in [1.29, 1.82) is 5.26 Å². The van der Waals surface area contributed by atoms with Gasteiger partial charge in [-0.25, -0.2) is 5.43 Å². The van der Waals surface area contributed by atoms with E-state index >= 15 is 0 Å². The molecule has 0 spiro atoms. The van der Waals surface area contributed by atoms with E-state index in [1.165, 1.54) is 0 Å². The fourth-order valence-electron chi connectivity index (χ4n) is 5.89. The smallest absolute Gasteiger partial charge is 0.251 e. The summed E-state index contributed by atoms with van der Waals surface area (Å²) in [7, 11) is 0. The van der Waals surface area contributed by atoms with Gasteiger partial charge in [0.25, 0.3) is 5.91 Å². The third-order valence-corrected chi connectivity index (χ3v) is 8.14. The molecule has 0 aliphatic carbocycles. The molecule has 3 N–H and O–H groups in total. The lowest BCUT2D eigenvalue weighted by Crippen LogP contribution is -2.52. The number of rotatable bonds is 7. The lowest BCUT2D eigenvalue weighted by atomic mass is 9.84. The zero-order valence-corrected chi connectivity index (χ0v) is 23.5. The highest BCUT2D eigenvalue weighted by atomic mass is 16.2. The maximum Gasteiger partial charge on any atom is 0.251 e. The molecular formula is C31H39N5O3. The Morgan fingerprint density at radius 1 is 1.15 bits per heavy atom. The molecule has 4 rings (SSSR count). The van der Waals surface area contributed by atoms with E-state index in [0.717, 1.165) is 41.5 Å². The molecule has 3 amide bonds.